The molecule has 0 spiro atoms. The van der Waals surface area contributed by atoms with Gasteiger partial charge < -0.3 is 10.1 Å². The molecular formula is C20H21ClN4O4S. The van der Waals surface area contributed by atoms with E-state index in [4.69, 9.17) is 21.5 Å². The maximum Gasteiger partial charge on any atom is 0.259 e. The van der Waals surface area contributed by atoms with Crippen LogP contribution in [0.3, 0.4) is 0 Å². The molecule has 158 valence electrons. The highest BCUT2D eigenvalue weighted by Gasteiger charge is 2.21. The minimum atomic E-state index is -4.02. The Balaban J connectivity index is 1.90. The zero-order valence-electron chi connectivity index (χ0n) is 16.6. The van der Waals surface area contributed by atoms with Gasteiger partial charge in [0, 0.05) is 16.4 Å². The number of methoxy groups -OCH3 is 1. The highest BCUT2D eigenvalue weighted by atomic mass is 35.5. The first-order valence-corrected chi connectivity index (χ1v) is 10.8. The van der Waals surface area contributed by atoms with E-state index in [1.807, 2.05) is 18.2 Å². The first-order chi connectivity index (χ1) is 14.1. The van der Waals surface area contributed by atoms with Crippen molar-refractivity contribution < 1.29 is 17.9 Å². The number of hydrogen-bond acceptors (Lipinski definition) is 5. The van der Waals surface area contributed by atoms with Crippen LogP contribution in [0.15, 0.2) is 47.4 Å². The number of nitrogens with one attached hydrogen (secondary N) is 1. The second kappa shape index (κ2) is 8.47. The van der Waals surface area contributed by atoms with E-state index < -0.39 is 15.9 Å². The van der Waals surface area contributed by atoms with Crippen LogP contribution in [0.25, 0.3) is 0 Å². The quantitative estimate of drug-likeness (QED) is 0.601. The molecule has 0 saturated heterocycles. The molecule has 0 atom stereocenters. The number of halogens is 1. The van der Waals surface area contributed by atoms with Crippen molar-refractivity contribution in [2.45, 2.75) is 25.3 Å². The molecule has 0 aliphatic carbocycles. The minimum Gasteiger partial charge on any atom is -0.495 e. The summed E-state index contributed by atoms with van der Waals surface area (Å²) in [6.07, 6.45) is 0. The summed E-state index contributed by atoms with van der Waals surface area (Å²) in [5.74, 6) is -0.323. The number of carbonyl (C=O) groups excluding carboxylic acids is 1. The Labute approximate surface area is 179 Å². The SMILES string of the molecule is COc1ccc(NC(=O)c2c(C)nn(Cc3ccccc3Cl)c2C)cc1S(N)(=O)=O. The van der Waals surface area contributed by atoms with E-state index in [2.05, 4.69) is 10.4 Å². The number of primary sulfonamides is 1. The molecule has 30 heavy (non-hydrogen) atoms. The third-order valence-electron chi connectivity index (χ3n) is 4.61. The number of rotatable bonds is 6. The van der Waals surface area contributed by atoms with Gasteiger partial charge in [-0.05, 0) is 43.7 Å². The lowest BCUT2D eigenvalue weighted by molar-refractivity contribution is 0.102. The van der Waals surface area contributed by atoms with Gasteiger partial charge in [-0.3, -0.25) is 9.48 Å². The van der Waals surface area contributed by atoms with E-state index in [1.165, 1.54) is 25.3 Å². The first kappa shape index (κ1) is 21.8. The van der Waals surface area contributed by atoms with Crippen LogP contribution in [-0.2, 0) is 16.6 Å². The van der Waals surface area contributed by atoms with Gasteiger partial charge in [-0.25, -0.2) is 13.6 Å². The smallest absolute Gasteiger partial charge is 0.259 e. The van der Waals surface area contributed by atoms with Crippen LogP contribution in [0.5, 0.6) is 5.75 Å². The number of aryl methyl sites for hydroxylation is 1. The van der Waals surface area contributed by atoms with Crippen LogP contribution in [0, 0.1) is 13.8 Å². The number of anilines is 1. The Morgan fingerprint density at radius 1 is 1.23 bits per heavy atom. The van der Waals surface area contributed by atoms with E-state index in [-0.39, 0.29) is 16.3 Å². The standard InChI is InChI=1S/C20H21ClN4O4S/c1-12-19(13(2)25(24-12)11-14-6-4-5-7-16(14)21)20(26)23-15-8-9-17(29-3)18(10-15)30(22,27)28/h4-10H,11H2,1-3H3,(H,23,26)(H2,22,27,28). The van der Waals surface area contributed by atoms with Crippen molar-refractivity contribution in [2.75, 3.05) is 12.4 Å². The van der Waals surface area contributed by atoms with Crippen LogP contribution in [0.2, 0.25) is 5.02 Å². The van der Waals surface area contributed by atoms with Gasteiger partial charge in [0.05, 0.1) is 24.9 Å². The number of nitrogens with zero attached hydrogens (tertiary/aromatic N) is 2. The summed E-state index contributed by atoms with van der Waals surface area (Å²) in [4.78, 5) is 12.7. The summed E-state index contributed by atoms with van der Waals surface area (Å²) in [5, 5.41) is 13.0. The molecule has 0 aliphatic heterocycles. The zero-order chi connectivity index (χ0) is 22.1. The van der Waals surface area contributed by atoms with Crippen molar-refractivity contribution in [1.82, 2.24) is 9.78 Å². The normalized spacial score (nSPS) is 11.4. The van der Waals surface area contributed by atoms with Gasteiger partial charge in [0.15, 0.2) is 0 Å². The molecular weight excluding hydrogens is 428 g/mol. The molecule has 0 aliphatic rings. The molecule has 8 nitrogen and oxygen atoms in total. The predicted molar refractivity (Wildman–Crippen MR) is 115 cm³/mol. The highest BCUT2D eigenvalue weighted by molar-refractivity contribution is 7.89. The number of ether oxygens (including phenoxy) is 1. The van der Waals surface area contributed by atoms with Gasteiger partial charge in [0.1, 0.15) is 10.6 Å². The predicted octanol–water partition coefficient (Wildman–Crippen LogP) is 3.11. The number of benzene rings is 2. The van der Waals surface area contributed by atoms with Gasteiger partial charge in [-0.1, -0.05) is 29.8 Å². The summed E-state index contributed by atoms with van der Waals surface area (Å²) in [6, 6.07) is 11.6. The second-order valence-electron chi connectivity index (χ2n) is 6.66. The third-order valence-corrected chi connectivity index (χ3v) is 5.92. The lowest BCUT2D eigenvalue weighted by atomic mass is 10.1. The molecule has 10 heteroatoms. The van der Waals surface area contributed by atoms with E-state index in [9.17, 15) is 13.2 Å². The lowest BCUT2D eigenvalue weighted by Gasteiger charge is -2.11. The zero-order valence-corrected chi connectivity index (χ0v) is 18.2. The second-order valence-corrected chi connectivity index (χ2v) is 8.60. The van der Waals surface area contributed by atoms with Crippen molar-refractivity contribution in [3.8, 4) is 5.75 Å². The van der Waals surface area contributed by atoms with Gasteiger partial charge >= 0.3 is 0 Å². The molecule has 3 rings (SSSR count). The van der Waals surface area contributed by atoms with E-state index in [0.29, 0.717) is 28.5 Å². The molecule has 3 N–H and O–H groups in total. The molecule has 1 heterocycles. The average molecular weight is 449 g/mol. The van der Waals surface area contributed by atoms with E-state index in [0.717, 1.165) is 5.56 Å². The van der Waals surface area contributed by atoms with Crippen molar-refractivity contribution in [3.05, 3.63) is 70.0 Å². The summed E-state index contributed by atoms with van der Waals surface area (Å²) in [7, 11) is -2.69. The maximum absolute atomic E-state index is 12.9. The van der Waals surface area contributed by atoms with E-state index >= 15 is 0 Å². The fraction of sp³-hybridized carbons (Fsp3) is 0.200. The van der Waals surface area contributed by atoms with Crippen LogP contribution < -0.4 is 15.2 Å². The molecule has 0 unspecified atom stereocenters. The average Bonchev–Trinajstić information content (AvgIpc) is 2.96. The van der Waals surface area contributed by atoms with Gasteiger partial charge in [-0.15, -0.1) is 0 Å². The lowest BCUT2D eigenvalue weighted by Crippen LogP contribution is -2.17. The first-order valence-electron chi connectivity index (χ1n) is 8.91. The molecule has 0 bridgehead atoms. The molecule has 1 aromatic heterocycles. The van der Waals surface area contributed by atoms with Crippen LogP contribution in [-0.4, -0.2) is 31.2 Å². The van der Waals surface area contributed by atoms with Crippen LogP contribution in [0.1, 0.15) is 27.3 Å². The van der Waals surface area contributed by atoms with Crippen molar-refractivity contribution in [3.63, 3.8) is 0 Å². The number of aromatic nitrogens is 2. The Morgan fingerprint density at radius 2 is 1.93 bits per heavy atom. The van der Waals surface area contributed by atoms with Gasteiger partial charge in [0.2, 0.25) is 10.0 Å². The van der Waals surface area contributed by atoms with Crippen molar-refractivity contribution in [2.24, 2.45) is 5.14 Å². The monoisotopic (exact) mass is 448 g/mol. The Morgan fingerprint density at radius 3 is 2.57 bits per heavy atom. The molecule has 2 aromatic carbocycles. The van der Waals surface area contributed by atoms with Crippen LogP contribution in [0.4, 0.5) is 5.69 Å². The van der Waals surface area contributed by atoms with Gasteiger partial charge in [0.25, 0.3) is 5.91 Å². The molecule has 0 saturated carbocycles. The highest BCUT2D eigenvalue weighted by Crippen LogP contribution is 2.27. The fourth-order valence-electron chi connectivity index (χ4n) is 3.14. The fourth-order valence-corrected chi connectivity index (χ4v) is 4.06. The van der Waals surface area contributed by atoms with Crippen molar-refractivity contribution >= 4 is 33.2 Å². The molecule has 3 aromatic rings. The number of amides is 1. The summed E-state index contributed by atoms with van der Waals surface area (Å²) >= 11 is 6.23. The summed E-state index contributed by atoms with van der Waals surface area (Å²) < 4.78 is 30.3. The Hall–Kier alpha value is -2.88. The summed E-state index contributed by atoms with van der Waals surface area (Å²) in [6.45, 7) is 3.93. The topological polar surface area (TPSA) is 116 Å². The van der Waals surface area contributed by atoms with E-state index in [1.54, 1.807) is 24.6 Å². The van der Waals surface area contributed by atoms with Gasteiger partial charge in [-0.2, -0.15) is 5.10 Å². The largest absolute Gasteiger partial charge is 0.495 e. The molecule has 0 fully saturated rings. The third kappa shape index (κ3) is 4.48. The Bertz CT molecular complexity index is 1220. The molecule has 1 amide bonds. The number of hydrogen-bond donors (Lipinski definition) is 2. The number of sulfonamides is 1. The minimum absolute atomic E-state index is 0.0930. The number of carbonyl (C=O) groups is 1. The Kier molecular flexibility index (Phi) is 6.16. The maximum atomic E-state index is 12.9. The number of nitrogens with two attached hydrogens (primary N) is 1. The summed E-state index contributed by atoms with van der Waals surface area (Å²) in [5.41, 5.74) is 2.74. The van der Waals surface area contributed by atoms with Crippen molar-refractivity contribution in [1.29, 1.82) is 0 Å². The van der Waals surface area contributed by atoms with Crippen LogP contribution >= 0.6 is 11.6 Å². The molecule has 0 radical (unpaired) electrons.